The van der Waals surface area contributed by atoms with Crippen LogP contribution in [0.5, 0.6) is 0 Å². The van der Waals surface area contributed by atoms with E-state index in [1.165, 1.54) is 6.42 Å². The van der Waals surface area contributed by atoms with Crippen molar-refractivity contribution in [1.29, 1.82) is 0 Å². The highest BCUT2D eigenvalue weighted by Gasteiger charge is 2.45. The average Bonchev–Trinajstić information content (AvgIpc) is 3.17. The van der Waals surface area contributed by atoms with Crippen LogP contribution < -0.4 is 16.0 Å². The van der Waals surface area contributed by atoms with Crippen LogP contribution in [0.3, 0.4) is 0 Å². The van der Waals surface area contributed by atoms with Gasteiger partial charge in [-0.2, -0.15) is 0 Å². The molecular weight excluding hydrogens is 372 g/mol. The number of hydrogen-bond acceptors (Lipinski definition) is 6. The summed E-state index contributed by atoms with van der Waals surface area (Å²) in [6.07, 6.45) is 3.72. The molecule has 3 fully saturated rings. The zero-order valence-corrected chi connectivity index (χ0v) is 16.1. The van der Waals surface area contributed by atoms with E-state index < -0.39 is 23.8 Å². The number of rotatable bonds is 4. The SMILES string of the molecule is O=C1CCC(N2C(=O)c3cccc(CNC4CC5CNC(C5)C4)c3C2=O)C(=O)N1. The molecule has 3 heterocycles. The van der Waals surface area contributed by atoms with E-state index in [-0.39, 0.29) is 18.7 Å². The lowest BCUT2D eigenvalue weighted by Crippen LogP contribution is -2.54. The molecule has 0 spiro atoms. The lowest BCUT2D eigenvalue weighted by Gasteiger charge is -2.28. The van der Waals surface area contributed by atoms with Crippen molar-refractivity contribution in [3.63, 3.8) is 0 Å². The number of amides is 4. The number of nitrogens with one attached hydrogen (secondary N) is 3. The van der Waals surface area contributed by atoms with Crippen molar-refractivity contribution in [2.24, 2.45) is 5.92 Å². The summed E-state index contributed by atoms with van der Waals surface area (Å²) in [4.78, 5) is 50.7. The van der Waals surface area contributed by atoms with Gasteiger partial charge in [-0.3, -0.25) is 29.4 Å². The van der Waals surface area contributed by atoms with Crippen LogP contribution in [0.15, 0.2) is 18.2 Å². The van der Waals surface area contributed by atoms with Gasteiger partial charge in [0.15, 0.2) is 0 Å². The van der Waals surface area contributed by atoms with Gasteiger partial charge in [-0.15, -0.1) is 0 Å². The molecule has 0 radical (unpaired) electrons. The number of piperidine rings is 1. The van der Waals surface area contributed by atoms with E-state index in [4.69, 9.17) is 0 Å². The molecule has 5 rings (SSSR count). The second-order valence-electron chi connectivity index (χ2n) is 8.54. The Hall–Kier alpha value is -2.58. The maximum atomic E-state index is 13.1. The van der Waals surface area contributed by atoms with Crippen LogP contribution in [0.25, 0.3) is 0 Å². The molecule has 4 amide bonds. The van der Waals surface area contributed by atoms with Crippen LogP contribution in [-0.2, 0) is 16.1 Å². The van der Waals surface area contributed by atoms with Crippen molar-refractivity contribution in [3.8, 4) is 0 Å². The zero-order chi connectivity index (χ0) is 20.1. The number of benzene rings is 1. The third-order valence-electron chi connectivity index (χ3n) is 6.64. The van der Waals surface area contributed by atoms with Gasteiger partial charge < -0.3 is 10.6 Å². The molecule has 152 valence electrons. The summed E-state index contributed by atoms with van der Waals surface area (Å²) in [6.45, 7) is 1.59. The van der Waals surface area contributed by atoms with E-state index >= 15 is 0 Å². The fourth-order valence-electron chi connectivity index (χ4n) is 5.26. The first-order valence-corrected chi connectivity index (χ1v) is 10.3. The summed E-state index contributed by atoms with van der Waals surface area (Å²) in [5, 5.41) is 9.34. The Balaban J connectivity index is 1.35. The first-order valence-electron chi connectivity index (χ1n) is 10.3. The number of fused-ring (bicyclic) bond motifs is 3. The lowest BCUT2D eigenvalue weighted by atomic mass is 9.86. The van der Waals surface area contributed by atoms with Crippen molar-refractivity contribution in [1.82, 2.24) is 20.9 Å². The lowest BCUT2D eigenvalue weighted by molar-refractivity contribution is -0.136. The Bertz CT molecular complexity index is 902. The highest BCUT2D eigenvalue weighted by molar-refractivity contribution is 6.24. The molecular formula is C21H24N4O4. The highest BCUT2D eigenvalue weighted by atomic mass is 16.2. The fourth-order valence-corrected chi connectivity index (χ4v) is 5.26. The minimum absolute atomic E-state index is 0.121. The van der Waals surface area contributed by atoms with E-state index in [9.17, 15) is 19.2 Å². The third kappa shape index (κ3) is 3.16. The van der Waals surface area contributed by atoms with Crippen LogP contribution in [0, 0.1) is 5.92 Å². The predicted molar refractivity (Wildman–Crippen MR) is 103 cm³/mol. The van der Waals surface area contributed by atoms with E-state index in [0.717, 1.165) is 29.8 Å². The topological polar surface area (TPSA) is 108 Å². The molecule has 4 atom stereocenters. The van der Waals surface area contributed by atoms with Gasteiger partial charge in [-0.25, -0.2) is 0 Å². The Morgan fingerprint density at radius 3 is 2.72 bits per heavy atom. The van der Waals surface area contributed by atoms with Crippen LogP contribution >= 0.6 is 0 Å². The van der Waals surface area contributed by atoms with Crippen LogP contribution in [-0.4, -0.2) is 53.2 Å². The molecule has 1 aromatic carbocycles. The summed E-state index contributed by atoms with van der Waals surface area (Å²) in [5.41, 5.74) is 1.50. The van der Waals surface area contributed by atoms with Gasteiger partial charge in [0.2, 0.25) is 11.8 Å². The first-order chi connectivity index (χ1) is 14.0. The van der Waals surface area contributed by atoms with E-state index in [2.05, 4.69) is 16.0 Å². The van der Waals surface area contributed by atoms with Crippen molar-refractivity contribution >= 4 is 23.6 Å². The third-order valence-corrected chi connectivity index (χ3v) is 6.64. The molecule has 2 bridgehead atoms. The van der Waals surface area contributed by atoms with Gasteiger partial charge in [0.05, 0.1) is 11.1 Å². The summed E-state index contributed by atoms with van der Waals surface area (Å²) >= 11 is 0. The maximum absolute atomic E-state index is 13.1. The van der Waals surface area contributed by atoms with E-state index in [1.807, 2.05) is 6.07 Å². The Kier molecular flexibility index (Phi) is 4.48. The number of carbonyl (C=O) groups excluding carboxylic acids is 4. The number of imide groups is 2. The molecule has 8 nitrogen and oxygen atoms in total. The van der Waals surface area contributed by atoms with Gasteiger partial charge in [-0.1, -0.05) is 12.1 Å². The van der Waals surface area contributed by atoms with Crippen molar-refractivity contribution in [2.75, 3.05) is 6.54 Å². The second-order valence-corrected chi connectivity index (χ2v) is 8.54. The molecule has 2 saturated heterocycles. The number of nitrogens with zero attached hydrogens (tertiary/aromatic N) is 1. The number of hydrogen-bond donors (Lipinski definition) is 3. The van der Waals surface area contributed by atoms with Gasteiger partial charge >= 0.3 is 0 Å². The Morgan fingerprint density at radius 1 is 1.07 bits per heavy atom. The monoisotopic (exact) mass is 396 g/mol. The molecule has 1 aromatic rings. The zero-order valence-electron chi connectivity index (χ0n) is 16.1. The van der Waals surface area contributed by atoms with E-state index in [1.54, 1.807) is 12.1 Å². The summed E-state index contributed by atoms with van der Waals surface area (Å²) in [5.74, 6) is -1.15. The number of carbonyl (C=O) groups is 4. The quantitative estimate of drug-likeness (QED) is 0.633. The fraction of sp³-hybridized carbons (Fsp3) is 0.524. The van der Waals surface area contributed by atoms with Crippen molar-refractivity contribution in [2.45, 2.75) is 56.8 Å². The molecule has 4 unspecified atom stereocenters. The molecule has 1 aliphatic carbocycles. The summed E-state index contributed by atoms with van der Waals surface area (Å²) in [6, 6.07) is 5.31. The van der Waals surface area contributed by atoms with Crippen molar-refractivity contribution in [3.05, 3.63) is 34.9 Å². The molecule has 8 heteroatoms. The summed E-state index contributed by atoms with van der Waals surface area (Å²) < 4.78 is 0. The summed E-state index contributed by atoms with van der Waals surface area (Å²) in [7, 11) is 0. The minimum Gasteiger partial charge on any atom is -0.314 e. The van der Waals surface area contributed by atoms with Crippen molar-refractivity contribution < 1.29 is 19.2 Å². The molecule has 3 N–H and O–H groups in total. The average molecular weight is 396 g/mol. The standard InChI is InChI=1S/C21H24N4O4/c26-17-5-4-16(19(27)24-17)25-20(28)15-3-1-2-12(18(15)21(25)29)10-23-14-7-11-6-13(8-14)22-9-11/h1-3,11,13-14,16,22-23H,4-10H2,(H,24,26,27). The van der Waals surface area contributed by atoms with Gasteiger partial charge in [0.25, 0.3) is 11.8 Å². The first kappa shape index (κ1) is 18.4. The second kappa shape index (κ2) is 7.03. The molecule has 0 aromatic heterocycles. The van der Waals surface area contributed by atoms with Gasteiger partial charge in [-0.05, 0) is 49.8 Å². The van der Waals surface area contributed by atoms with Crippen LogP contribution in [0.2, 0.25) is 0 Å². The Labute approximate surface area is 168 Å². The molecule has 3 aliphatic heterocycles. The maximum Gasteiger partial charge on any atom is 0.262 e. The molecule has 1 saturated carbocycles. The Morgan fingerprint density at radius 2 is 1.93 bits per heavy atom. The minimum atomic E-state index is -0.930. The largest absolute Gasteiger partial charge is 0.314 e. The van der Waals surface area contributed by atoms with Crippen LogP contribution in [0.1, 0.15) is 58.4 Å². The van der Waals surface area contributed by atoms with Crippen LogP contribution in [0.4, 0.5) is 0 Å². The van der Waals surface area contributed by atoms with E-state index in [0.29, 0.717) is 35.7 Å². The normalized spacial score (nSPS) is 31.2. The molecule has 4 aliphatic rings. The van der Waals surface area contributed by atoms with Gasteiger partial charge in [0.1, 0.15) is 6.04 Å². The molecule has 29 heavy (non-hydrogen) atoms. The van der Waals surface area contributed by atoms with Gasteiger partial charge in [0, 0.05) is 25.0 Å². The predicted octanol–water partition coefficient (Wildman–Crippen LogP) is 0.318. The smallest absolute Gasteiger partial charge is 0.262 e. The highest BCUT2D eigenvalue weighted by Crippen LogP contribution is 2.32.